The third-order valence-electron chi connectivity index (χ3n) is 1.93. The van der Waals surface area contributed by atoms with E-state index in [2.05, 4.69) is 0 Å². The molecule has 0 aliphatic rings. The van der Waals surface area contributed by atoms with E-state index in [-0.39, 0.29) is 12.5 Å². The zero-order chi connectivity index (χ0) is 11.0. The molecule has 0 aliphatic carbocycles. The van der Waals surface area contributed by atoms with Crippen molar-refractivity contribution < 1.29 is 9.59 Å². The summed E-state index contributed by atoms with van der Waals surface area (Å²) >= 11 is 0. The molecule has 5 heteroatoms. The lowest BCUT2D eigenvalue weighted by molar-refractivity contribution is -0.135. The number of nitrogens with zero attached hydrogens (tertiary/aromatic N) is 1. The van der Waals surface area contributed by atoms with Crippen LogP contribution in [0.1, 0.15) is 26.2 Å². The third kappa shape index (κ3) is 5.53. The van der Waals surface area contributed by atoms with E-state index in [0.717, 1.165) is 12.8 Å². The van der Waals surface area contributed by atoms with Crippen molar-refractivity contribution >= 4 is 11.8 Å². The van der Waals surface area contributed by atoms with Gasteiger partial charge in [0.05, 0.1) is 6.54 Å². The summed E-state index contributed by atoms with van der Waals surface area (Å²) in [6.45, 7) is 2.95. The second-order valence-electron chi connectivity index (χ2n) is 3.12. The molecular weight excluding hydrogens is 182 g/mol. The van der Waals surface area contributed by atoms with Crippen LogP contribution in [-0.2, 0) is 9.59 Å². The van der Waals surface area contributed by atoms with E-state index in [1.807, 2.05) is 6.92 Å². The van der Waals surface area contributed by atoms with Gasteiger partial charge in [0.1, 0.15) is 0 Å². The molecule has 0 atom stereocenters. The van der Waals surface area contributed by atoms with Gasteiger partial charge in [0.25, 0.3) is 0 Å². The summed E-state index contributed by atoms with van der Waals surface area (Å²) < 4.78 is 0. The Kier molecular flexibility index (Phi) is 6.74. The van der Waals surface area contributed by atoms with Crippen LogP contribution in [-0.4, -0.2) is 36.3 Å². The van der Waals surface area contributed by atoms with Gasteiger partial charge in [-0.15, -0.1) is 0 Å². The number of rotatable bonds is 7. The van der Waals surface area contributed by atoms with Crippen LogP contribution in [0.15, 0.2) is 0 Å². The van der Waals surface area contributed by atoms with E-state index < -0.39 is 5.91 Å². The van der Waals surface area contributed by atoms with Crippen molar-refractivity contribution in [3.63, 3.8) is 0 Å². The minimum absolute atomic E-state index is 0.0119. The number of carbonyl (C=O) groups is 2. The van der Waals surface area contributed by atoms with Gasteiger partial charge in [-0.2, -0.15) is 0 Å². The van der Waals surface area contributed by atoms with Crippen molar-refractivity contribution in [1.82, 2.24) is 4.90 Å². The van der Waals surface area contributed by atoms with Gasteiger partial charge in [-0.05, 0) is 26.3 Å². The van der Waals surface area contributed by atoms with Gasteiger partial charge in [-0.25, -0.2) is 0 Å². The molecule has 0 rings (SSSR count). The Morgan fingerprint density at radius 2 is 1.93 bits per heavy atom. The Morgan fingerprint density at radius 3 is 2.36 bits per heavy atom. The Hall–Kier alpha value is -1.10. The minimum Gasteiger partial charge on any atom is -0.368 e. The smallest absolute Gasteiger partial charge is 0.237 e. The van der Waals surface area contributed by atoms with E-state index >= 15 is 0 Å². The number of hydrogen-bond donors (Lipinski definition) is 2. The summed E-state index contributed by atoms with van der Waals surface area (Å²) in [5.41, 5.74) is 10.3. The molecule has 0 aromatic rings. The van der Waals surface area contributed by atoms with Crippen LogP contribution in [0.2, 0.25) is 0 Å². The molecule has 0 saturated heterocycles. The summed E-state index contributed by atoms with van der Waals surface area (Å²) in [4.78, 5) is 23.5. The van der Waals surface area contributed by atoms with Crippen molar-refractivity contribution in [3.8, 4) is 0 Å². The fourth-order valence-corrected chi connectivity index (χ4v) is 1.14. The minimum atomic E-state index is -0.473. The molecular formula is C9H19N3O2. The van der Waals surface area contributed by atoms with E-state index in [4.69, 9.17) is 11.5 Å². The first-order chi connectivity index (χ1) is 6.61. The van der Waals surface area contributed by atoms with Crippen LogP contribution in [0, 0.1) is 0 Å². The summed E-state index contributed by atoms with van der Waals surface area (Å²) in [6.07, 6.45) is 2.04. The van der Waals surface area contributed by atoms with E-state index in [1.54, 1.807) is 0 Å². The molecule has 5 nitrogen and oxygen atoms in total. The van der Waals surface area contributed by atoms with Crippen molar-refractivity contribution in [1.29, 1.82) is 0 Å². The average Bonchev–Trinajstić information content (AvgIpc) is 2.14. The number of nitrogens with two attached hydrogens (primary N) is 2. The Morgan fingerprint density at radius 1 is 1.29 bits per heavy atom. The van der Waals surface area contributed by atoms with Crippen molar-refractivity contribution in [2.75, 3.05) is 19.6 Å². The fourth-order valence-electron chi connectivity index (χ4n) is 1.14. The summed E-state index contributed by atoms with van der Waals surface area (Å²) in [5.74, 6) is -0.501. The van der Waals surface area contributed by atoms with Gasteiger partial charge < -0.3 is 16.4 Å². The van der Waals surface area contributed by atoms with E-state index in [1.165, 1.54) is 4.90 Å². The van der Waals surface area contributed by atoms with Crippen LogP contribution in [0.5, 0.6) is 0 Å². The first-order valence-corrected chi connectivity index (χ1v) is 4.88. The van der Waals surface area contributed by atoms with Crippen LogP contribution >= 0.6 is 0 Å². The van der Waals surface area contributed by atoms with E-state index in [9.17, 15) is 9.59 Å². The summed E-state index contributed by atoms with van der Waals surface area (Å²) in [6, 6.07) is 0. The molecule has 0 bridgehead atoms. The maximum atomic E-state index is 11.5. The van der Waals surface area contributed by atoms with Crippen molar-refractivity contribution in [2.24, 2.45) is 11.5 Å². The second-order valence-corrected chi connectivity index (χ2v) is 3.12. The molecule has 14 heavy (non-hydrogen) atoms. The predicted molar refractivity (Wildman–Crippen MR) is 54.4 cm³/mol. The number of likely N-dealkylation sites (N-methyl/N-ethyl adjacent to an activating group) is 1. The first kappa shape index (κ1) is 12.9. The average molecular weight is 201 g/mol. The van der Waals surface area contributed by atoms with Gasteiger partial charge in [0.2, 0.25) is 11.8 Å². The number of unbranched alkanes of at least 4 members (excludes halogenated alkanes) is 1. The van der Waals surface area contributed by atoms with Gasteiger partial charge in [-0.1, -0.05) is 0 Å². The summed E-state index contributed by atoms with van der Waals surface area (Å²) in [5, 5.41) is 0. The number of amides is 2. The van der Waals surface area contributed by atoms with Crippen molar-refractivity contribution in [2.45, 2.75) is 26.2 Å². The highest BCUT2D eigenvalue weighted by Crippen LogP contribution is 1.99. The maximum absolute atomic E-state index is 11.5. The second kappa shape index (κ2) is 7.32. The first-order valence-electron chi connectivity index (χ1n) is 4.88. The molecule has 0 saturated carbocycles. The standard InChI is InChI=1S/C9H19N3O2/c1-2-12(7-8(11)13)9(14)5-3-4-6-10/h2-7,10H2,1H3,(H2,11,13). The topological polar surface area (TPSA) is 89.4 Å². The van der Waals surface area contributed by atoms with Crippen LogP contribution in [0.25, 0.3) is 0 Å². The third-order valence-corrected chi connectivity index (χ3v) is 1.93. The maximum Gasteiger partial charge on any atom is 0.237 e. The molecule has 0 fully saturated rings. The lowest BCUT2D eigenvalue weighted by Crippen LogP contribution is -2.38. The molecule has 0 aromatic heterocycles. The lowest BCUT2D eigenvalue weighted by atomic mass is 10.2. The zero-order valence-corrected chi connectivity index (χ0v) is 8.66. The highest BCUT2D eigenvalue weighted by molar-refractivity contribution is 5.83. The molecule has 0 heterocycles. The van der Waals surface area contributed by atoms with Gasteiger partial charge in [0.15, 0.2) is 0 Å². The normalized spacial score (nSPS) is 9.86. The highest BCUT2D eigenvalue weighted by atomic mass is 16.2. The Bertz CT molecular complexity index is 194. The van der Waals surface area contributed by atoms with Crippen LogP contribution in [0.4, 0.5) is 0 Å². The van der Waals surface area contributed by atoms with Crippen molar-refractivity contribution in [3.05, 3.63) is 0 Å². The van der Waals surface area contributed by atoms with Gasteiger partial charge >= 0.3 is 0 Å². The Labute approximate surface area is 84.4 Å². The van der Waals surface area contributed by atoms with E-state index in [0.29, 0.717) is 19.5 Å². The van der Waals surface area contributed by atoms with Crippen LogP contribution in [0.3, 0.4) is 0 Å². The van der Waals surface area contributed by atoms with Gasteiger partial charge in [-0.3, -0.25) is 9.59 Å². The zero-order valence-electron chi connectivity index (χ0n) is 8.66. The lowest BCUT2D eigenvalue weighted by Gasteiger charge is -2.18. The molecule has 0 aromatic carbocycles. The van der Waals surface area contributed by atoms with Gasteiger partial charge in [0, 0.05) is 13.0 Å². The molecule has 4 N–H and O–H groups in total. The molecule has 0 radical (unpaired) electrons. The summed E-state index contributed by atoms with van der Waals surface area (Å²) in [7, 11) is 0. The largest absolute Gasteiger partial charge is 0.368 e. The molecule has 2 amide bonds. The molecule has 0 aliphatic heterocycles. The number of primary amides is 1. The highest BCUT2D eigenvalue weighted by Gasteiger charge is 2.12. The fraction of sp³-hybridized carbons (Fsp3) is 0.778. The monoisotopic (exact) mass is 201 g/mol. The quantitative estimate of drug-likeness (QED) is 0.541. The molecule has 82 valence electrons. The predicted octanol–water partition coefficient (Wildman–Crippen LogP) is -0.551. The number of carbonyl (C=O) groups excluding carboxylic acids is 2. The Balaban J connectivity index is 3.85. The molecule has 0 spiro atoms. The molecule has 0 unspecified atom stereocenters. The number of hydrogen-bond acceptors (Lipinski definition) is 3. The SMILES string of the molecule is CCN(CC(N)=O)C(=O)CCCCN. The van der Waals surface area contributed by atoms with Crippen LogP contribution < -0.4 is 11.5 Å².